The topological polar surface area (TPSA) is 50.9 Å². The lowest BCUT2D eigenvalue weighted by molar-refractivity contribution is 0.540. The van der Waals surface area contributed by atoms with Gasteiger partial charge in [-0.1, -0.05) is 23.7 Å². The van der Waals surface area contributed by atoms with Crippen molar-refractivity contribution in [1.82, 2.24) is 10.4 Å². The van der Waals surface area contributed by atoms with Gasteiger partial charge in [0.05, 0.1) is 16.7 Å². The summed E-state index contributed by atoms with van der Waals surface area (Å²) in [6, 6.07) is 7.82. The maximum Gasteiger partial charge on any atom is 0.0898 e. The fourth-order valence-electron chi connectivity index (χ4n) is 1.69. The lowest BCUT2D eigenvalue weighted by Crippen LogP contribution is -2.29. The van der Waals surface area contributed by atoms with Crippen LogP contribution in [-0.4, -0.2) is 4.98 Å². The second-order valence-corrected chi connectivity index (χ2v) is 5.34. The van der Waals surface area contributed by atoms with E-state index in [2.05, 4.69) is 10.4 Å². The fraction of sp³-hybridized carbons (Fsp3) is 0.250. The van der Waals surface area contributed by atoms with Crippen molar-refractivity contribution in [2.24, 2.45) is 5.84 Å². The zero-order chi connectivity index (χ0) is 12.3. The highest BCUT2D eigenvalue weighted by molar-refractivity contribution is 7.09. The second-order valence-electron chi connectivity index (χ2n) is 3.84. The first-order valence-corrected chi connectivity index (χ1v) is 6.57. The van der Waals surface area contributed by atoms with Crippen LogP contribution in [0.5, 0.6) is 0 Å². The maximum atomic E-state index is 5.96. The van der Waals surface area contributed by atoms with Crippen LogP contribution in [0.25, 0.3) is 0 Å². The van der Waals surface area contributed by atoms with Crippen LogP contribution in [0.4, 0.5) is 0 Å². The van der Waals surface area contributed by atoms with Crippen LogP contribution >= 0.6 is 22.9 Å². The van der Waals surface area contributed by atoms with Crippen molar-refractivity contribution in [2.45, 2.75) is 19.4 Å². The van der Waals surface area contributed by atoms with Crippen molar-refractivity contribution in [1.29, 1.82) is 0 Å². The van der Waals surface area contributed by atoms with Gasteiger partial charge in [0, 0.05) is 10.4 Å². The number of aromatic nitrogens is 1. The molecule has 0 aliphatic carbocycles. The molecule has 0 aliphatic rings. The highest BCUT2D eigenvalue weighted by Gasteiger charge is 2.13. The molecule has 5 heteroatoms. The summed E-state index contributed by atoms with van der Waals surface area (Å²) in [4.78, 5) is 4.44. The Morgan fingerprint density at radius 3 is 2.94 bits per heavy atom. The molecule has 0 spiro atoms. The van der Waals surface area contributed by atoms with Gasteiger partial charge in [0.2, 0.25) is 0 Å². The van der Waals surface area contributed by atoms with E-state index in [1.807, 2.05) is 36.6 Å². The molecule has 3 nitrogen and oxygen atoms in total. The Labute approximate surface area is 110 Å². The number of nitrogens with two attached hydrogens (primary N) is 1. The van der Waals surface area contributed by atoms with Gasteiger partial charge in [0.25, 0.3) is 0 Å². The Morgan fingerprint density at radius 2 is 2.35 bits per heavy atom. The zero-order valence-electron chi connectivity index (χ0n) is 9.48. The van der Waals surface area contributed by atoms with Crippen molar-refractivity contribution in [3.05, 3.63) is 50.9 Å². The van der Waals surface area contributed by atoms with Gasteiger partial charge < -0.3 is 0 Å². The molecule has 0 saturated heterocycles. The van der Waals surface area contributed by atoms with Crippen molar-refractivity contribution >= 4 is 22.9 Å². The molecule has 1 heterocycles. The van der Waals surface area contributed by atoms with Crippen LogP contribution in [-0.2, 0) is 6.42 Å². The summed E-state index contributed by atoms with van der Waals surface area (Å²) in [6.07, 6.45) is 0.778. The molecule has 2 aromatic rings. The predicted octanol–water partition coefficient (Wildman–Crippen LogP) is 2.85. The lowest BCUT2D eigenvalue weighted by Gasteiger charge is -2.13. The fourth-order valence-corrected chi connectivity index (χ4v) is 2.57. The smallest absolute Gasteiger partial charge is 0.0898 e. The summed E-state index contributed by atoms with van der Waals surface area (Å²) in [7, 11) is 0. The third-order valence-corrected chi connectivity index (χ3v) is 3.55. The molecule has 1 aromatic heterocycles. The molecule has 3 N–H and O–H groups in total. The van der Waals surface area contributed by atoms with Crippen LogP contribution in [0.1, 0.15) is 22.3 Å². The number of hydrogen-bond donors (Lipinski definition) is 2. The van der Waals surface area contributed by atoms with Gasteiger partial charge in [-0.25, -0.2) is 4.98 Å². The van der Waals surface area contributed by atoms with E-state index in [0.717, 1.165) is 27.7 Å². The van der Waals surface area contributed by atoms with Crippen LogP contribution in [0.15, 0.2) is 29.6 Å². The Bertz CT molecular complexity index is 498. The average molecular weight is 268 g/mol. The molecule has 1 aromatic carbocycles. The van der Waals surface area contributed by atoms with Gasteiger partial charge in [-0.15, -0.1) is 11.3 Å². The van der Waals surface area contributed by atoms with E-state index < -0.39 is 0 Å². The van der Waals surface area contributed by atoms with Crippen LogP contribution in [0.3, 0.4) is 0 Å². The molecule has 1 atom stereocenters. The summed E-state index contributed by atoms with van der Waals surface area (Å²) in [5, 5.41) is 3.82. The quantitative estimate of drug-likeness (QED) is 0.662. The van der Waals surface area contributed by atoms with E-state index in [1.165, 1.54) is 0 Å². The first-order chi connectivity index (χ1) is 8.19. The average Bonchev–Trinajstić information content (AvgIpc) is 2.73. The molecule has 1 unspecified atom stereocenters. The van der Waals surface area contributed by atoms with E-state index in [9.17, 15) is 0 Å². The number of thiazole rings is 1. The number of hydrogen-bond acceptors (Lipinski definition) is 4. The monoisotopic (exact) mass is 267 g/mol. The highest BCUT2D eigenvalue weighted by Crippen LogP contribution is 2.21. The molecule has 0 aliphatic heterocycles. The van der Waals surface area contributed by atoms with Gasteiger partial charge in [0.15, 0.2) is 0 Å². The number of hydrazine groups is 1. The third kappa shape index (κ3) is 3.26. The number of nitrogens with zero attached hydrogens (tertiary/aromatic N) is 1. The van der Waals surface area contributed by atoms with Crippen molar-refractivity contribution in [2.75, 3.05) is 0 Å². The molecule has 17 heavy (non-hydrogen) atoms. The number of halogens is 1. The predicted molar refractivity (Wildman–Crippen MR) is 72.1 cm³/mol. The molecule has 0 saturated carbocycles. The standard InChI is InChI=1S/C12H14ClN3S/c1-8-15-12(7-17-8)11(16-14)6-9-3-2-4-10(13)5-9/h2-5,7,11,16H,6,14H2,1H3. The number of aryl methyl sites for hydroxylation is 1. The van der Waals surface area contributed by atoms with E-state index in [0.29, 0.717) is 0 Å². The van der Waals surface area contributed by atoms with Crippen molar-refractivity contribution in [3.63, 3.8) is 0 Å². The Morgan fingerprint density at radius 1 is 1.53 bits per heavy atom. The van der Waals surface area contributed by atoms with Crippen LogP contribution < -0.4 is 11.3 Å². The summed E-state index contributed by atoms with van der Waals surface area (Å²) < 4.78 is 0. The molecule has 0 amide bonds. The normalized spacial score (nSPS) is 12.6. The Hall–Kier alpha value is -0.940. The van der Waals surface area contributed by atoms with Gasteiger partial charge in [-0.2, -0.15) is 0 Å². The minimum Gasteiger partial charge on any atom is -0.271 e. The summed E-state index contributed by atoms with van der Waals surface area (Å²) in [5.41, 5.74) is 4.93. The SMILES string of the molecule is Cc1nc(C(Cc2cccc(Cl)c2)NN)cs1. The first-order valence-electron chi connectivity index (χ1n) is 5.31. The molecule has 90 valence electrons. The first kappa shape index (κ1) is 12.5. The van der Waals surface area contributed by atoms with E-state index in [1.54, 1.807) is 11.3 Å². The maximum absolute atomic E-state index is 5.96. The summed E-state index contributed by atoms with van der Waals surface area (Å²) in [5.74, 6) is 5.58. The number of rotatable bonds is 4. The van der Waals surface area contributed by atoms with Gasteiger partial charge in [0.1, 0.15) is 0 Å². The zero-order valence-corrected chi connectivity index (χ0v) is 11.1. The van der Waals surface area contributed by atoms with Crippen LogP contribution in [0.2, 0.25) is 5.02 Å². The van der Waals surface area contributed by atoms with Gasteiger partial charge in [-0.05, 0) is 31.0 Å². The van der Waals surface area contributed by atoms with Crippen LogP contribution in [0, 0.1) is 6.92 Å². The van der Waals surface area contributed by atoms with E-state index in [-0.39, 0.29) is 6.04 Å². The summed E-state index contributed by atoms with van der Waals surface area (Å²) >= 11 is 7.59. The molecule has 2 rings (SSSR count). The van der Waals surface area contributed by atoms with Gasteiger partial charge in [-0.3, -0.25) is 11.3 Å². The Kier molecular flexibility index (Phi) is 4.12. The molecule has 0 bridgehead atoms. The van der Waals surface area contributed by atoms with Crippen molar-refractivity contribution < 1.29 is 0 Å². The number of benzene rings is 1. The molecule has 0 radical (unpaired) electrons. The van der Waals surface area contributed by atoms with E-state index >= 15 is 0 Å². The molecule has 0 fully saturated rings. The summed E-state index contributed by atoms with van der Waals surface area (Å²) in [6.45, 7) is 1.99. The molecular formula is C12H14ClN3S. The van der Waals surface area contributed by atoms with Crippen molar-refractivity contribution in [3.8, 4) is 0 Å². The van der Waals surface area contributed by atoms with E-state index in [4.69, 9.17) is 17.4 Å². The largest absolute Gasteiger partial charge is 0.271 e. The Balaban J connectivity index is 2.15. The number of nitrogens with one attached hydrogen (secondary N) is 1. The minimum atomic E-state index is 0.0263. The third-order valence-electron chi connectivity index (χ3n) is 2.52. The molecular weight excluding hydrogens is 254 g/mol. The second kappa shape index (κ2) is 5.60. The minimum absolute atomic E-state index is 0.0263. The lowest BCUT2D eigenvalue weighted by atomic mass is 10.0. The highest BCUT2D eigenvalue weighted by atomic mass is 35.5. The van der Waals surface area contributed by atoms with Gasteiger partial charge >= 0.3 is 0 Å².